The molecule has 0 saturated heterocycles. The summed E-state index contributed by atoms with van der Waals surface area (Å²) >= 11 is 0. The van der Waals surface area contributed by atoms with E-state index in [0.29, 0.717) is 6.42 Å². The average Bonchev–Trinajstić information content (AvgIpc) is 2.02. The second-order valence-electron chi connectivity index (χ2n) is 2.45. The Morgan fingerprint density at radius 2 is 1.86 bits per heavy atom. The van der Waals surface area contributed by atoms with E-state index in [2.05, 4.69) is 26.1 Å². The molecule has 0 heterocycles. The fourth-order valence-corrected chi connectivity index (χ4v) is 0.377. The Labute approximate surface area is 101 Å². The molecule has 0 saturated carbocycles. The van der Waals surface area contributed by atoms with E-state index in [9.17, 15) is 4.79 Å². The third kappa shape index (κ3) is 12.4. The van der Waals surface area contributed by atoms with Crippen LogP contribution in [0.4, 0.5) is 0 Å². The molecule has 0 aliphatic heterocycles. The van der Waals surface area contributed by atoms with Gasteiger partial charge in [0.1, 0.15) is 5.54 Å². The summed E-state index contributed by atoms with van der Waals surface area (Å²) in [6.45, 7) is 3.50. The zero-order valence-corrected chi connectivity index (χ0v) is 11.2. The summed E-state index contributed by atoms with van der Waals surface area (Å²) in [6, 6.07) is 0. The number of nitrogens with two attached hydrogens (primary N) is 1. The molecular weight excluding hydrogens is 272 g/mol. The minimum absolute atomic E-state index is 0. The number of ether oxygens (including phenoxy) is 1. The molecule has 4 nitrogen and oxygen atoms in total. The lowest BCUT2D eigenvalue weighted by Crippen LogP contribution is -2.44. The Kier molecular flexibility index (Phi) is 14.2. The Bertz CT molecular complexity index is 185. The molecule has 0 unspecified atom stereocenters. The fraction of sp³-hybridized carbons (Fsp3) is 0.833. The van der Waals surface area contributed by atoms with Gasteiger partial charge in [0.15, 0.2) is 0 Å². The van der Waals surface area contributed by atoms with E-state index in [4.69, 9.17) is 9.94 Å². The number of carbonyl (C=O) groups is 1. The maximum atomic E-state index is 10.7. The van der Waals surface area contributed by atoms with Crippen molar-refractivity contribution in [3.05, 3.63) is 0 Å². The first kappa shape index (κ1) is 19.9. The van der Waals surface area contributed by atoms with Crippen LogP contribution in [-0.2, 0) is 18.8 Å². The van der Waals surface area contributed by atoms with Gasteiger partial charge in [0.25, 0.3) is 0 Å². The molecule has 2 N–H and O–H groups in total. The average molecular weight is 287 g/mol. The van der Waals surface area contributed by atoms with Gasteiger partial charge >= 0.3 is 5.97 Å². The minimum Gasteiger partial charge on any atom is -0.468 e. The van der Waals surface area contributed by atoms with Crippen LogP contribution in [0.5, 0.6) is 0 Å². The summed E-state index contributed by atoms with van der Waals surface area (Å²) in [4.78, 5) is 10.7. The van der Waals surface area contributed by atoms with Gasteiger partial charge < -0.3 is 10.5 Å². The molecule has 1 atom stereocenters. The van der Waals surface area contributed by atoms with Crippen molar-refractivity contribution < 1.29 is 13.7 Å². The van der Waals surface area contributed by atoms with Crippen LogP contribution >= 0.6 is 33.8 Å². The smallest absolute Gasteiger partial charge is 0.325 e. The molecule has 0 aliphatic carbocycles. The molecule has 0 fully saturated rings. The standard InChI is InChI=1S/C6H13NO2.Cl2OS.ClH/c1-4-6(2,7)5(8)9-3;1-4(2)3;/h4,7H2,1-3H3;;1H/t6-;;/m1../s1. The van der Waals surface area contributed by atoms with Crippen molar-refractivity contribution in [3.63, 3.8) is 0 Å². The summed E-state index contributed by atoms with van der Waals surface area (Å²) in [5.41, 5.74) is 4.68. The molecular formula is C6H14Cl3NO3S. The third-order valence-corrected chi connectivity index (χ3v) is 1.39. The minimum atomic E-state index is -1.67. The predicted molar refractivity (Wildman–Crippen MR) is 62.0 cm³/mol. The Morgan fingerprint density at radius 3 is 1.93 bits per heavy atom. The zero-order valence-electron chi connectivity index (χ0n) is 8.08. The largest absolute Gasteiger partial charge is 0.468 e. The second-order valence-corrected chi connectivity index (χ2v) is 4.97. The third-order valence-electron chi connectivity index (χ3n) is 1.39. The van der Waals surface area contributed by atoms with Crippen LogP contribution in [0.1, 0.15) is 20.3 Å². The highest BCUT2D eigenvalue weighted by Gasteiger charge is 2.26. The van der Waals surface area contributed by atoms with Crippen LogP contribution < -0.4 is 5.73 Å². The van der Waals surface area contributed by atoms with Crippen molar-refractivity contribution >= 4 is 49.0 Å². The van der Waals surface area contributed by atoms with Crippen LogP contribution in [0.25, 0.3) is 0 Å². The molecule has 0 bridgehead atoms. The van der Waals surface area contributed by atoms with Crippen LogP contribution in [0.2, 0.25) is 0 Å². The van der Waals surface area contributed by atoms with Gasteiger partial charge in [0, 0.05) is 21.4 Å². The van der Waals surface area contributed by atoms with Crippen molar-refractivity contribution in [3.8, 4) is 0 Å². The molecule has 0 spiro atoms. The highest BCUT2D eigenvalue weighted by Crippen LogP contribution is 2.05. The lowest BCUT2D eigenvalue weighted by molar-refractivity contribution is -0.146. The zero-order chi connectivity index (χ0) is 11.1. The molecule has 0 aromatic heterocycles. The summed E-state index contributed by atoms with van der Waals surface area (Å²) in [7, 11) is 8.69. The van der Waals surface area contributed by atoms with E-state index in [0.717, 1.165) is 0 Å². The Balaban J connectivity index is -0.000000209. The van der Waals surface area contributed by atoms with Crippen LogP contribution in [-0.4, -0.2) is 22.8 Å². The Hall–Kier alpha value is 0.450. The normalized spacial score (nSPS) is 13.1. The van der Waals surface area contributed by atoms with Crippen molar-refractivity contribution in [1.29, 1.82) is 0 Å². The Morgan fingerprint density at radius 1 is 1.57 bits per heavy atom. The van der Waals surface area contributed by atoms with Gasteiger partial charge in [-0.3, -0.25) is 4.79 Å². The highest BCUT2D eigenvalue weighted by atomic mass is 36.0. The number of halogens is 3. The topological polar surface area (TPSA) is 69.4 Å². The monoisotopic (exact) mass is 285 g/mol. The van der Waals surface area contributed by atoms with Gasteiger partial charge in [0.05, 0.1) is 7.11 Å². The van der Waals surface area contributed by atoms with E-state index in [1.807, 2.05) is 6.92 Å². The van der Waals surface area contributed by atoms with Gasteiger partial charge in [-0.25, -0.2) is 4.21 Å². The van der Waals surface area contributed by atoms with Crippen molar-refractivity contribution in [2.75, 3.05) is 7.11 Å². The maximum Gasteiger partial charge on any atom is 0.325 e. The summed E-state index contributed by atoms with van der Waals surface area (Å²) < 4.78 is 13.5. The lowest BCUT2D eigenvalue weighted by atomic mass is 10.0. The molecule has 0 radical (unpaired) electrons. The molecule has 0 amide bonds. The van der Waals surface area contributed by atoms with Crippen molar-refractivity contribution in [2.45, 2.75) is 25.8 Å². The molecule has 88 valence electrons. The highest BCUT2D eigenvalue weighted by molar-refractivity contribution is 8.26. The van der Waals surface area contributed by atoms with E-state index >= 15 is 0 Å². The first-order chi connectivity index (χ1) is 5.77. The summed E-state index contributed by atoms with van der Waals surface area (Å²) in [5, 5.41) is 0. The van der Waals surface area contributed by atoms with E-state index < -0.39 is 14.8 Å². The molecule has 0 rings (SSSR count). The second kappa shape index (κ2) is 9.98. The quantitative estimate of drug-likeness (QED) is 0.620. The van der Waals surface area contributed by atoms with Gasteiger partial charge in [-0.1, -0.05) is 6.92 Å². The molecule has 0 aromatic carbocycles. The summed E-state index contributed by atoms with van der Waals surface area (Å²) in [5.74, 6) is -0.356. The van der Waals surface area contributed by atoms with Crippen LogP contribution in [0.15, 0.2) is 0 Å². The van der Waals surface area contributed by atoms with Gasteiger partial charge in [0.2, 0.25) is 9.23 Å². The van der Waals surface area contributed by atoms with Gasteiger partial charge in [-0.05, 0) is 13.3 Å². The SMILES string of the molecule is CC[C@@](C)(N)C(=O)OC.Cl.O=S(Cl)Cl. The molecule has 0 aromatic rings. The first-order valence-corrected chi connectivity index (χ1v) is 6.19. The number of hydrogen-bond donors (Lipinski definition) is 1. The number of esters is 1. The molecule has 0 aliphatic rings. The van der Waals surface area contributed by atoms with Crippen LogP contribution in [0.3, 0.4) is 0 Å². The fourth-order valence-electron chi connectivity index (χ4n) is 0.377. The number of methoxy groups -OCH3 is 1. The van der Waals surface area contributed by atoms with Gasteiger partial charge in [-0.15, -0.1) is 12.4 Å². The number of rotatable bonds is 2. The maximum absolute atomic E-state index is 10.7. The summed E-state index contributed by atoms with van der Waals surface area (Å²) in [6.07, 6.45) is 0.597. The number of hydrogen-bond acceptors (Lipinski definition) is 4. The van der Waals surface area contributed by atoms with E-state index in [1.165, 1.54) is 7.11 Å². The molecule has 8 heteroatoms. The van der Waals surface area contributed by atoms with E-state index in [1.54, 1.807) is 6.92 Å². The lowest BCUT2D eigenvalue weighted by Gasteiger charge is -2.18. The molecule has 14 heavy (non-hydrogen) atoms. The van der Waals surface area contributed by atoms with E-state index in [-0.39, 0.29) is 18.4 Å². The first-order valence-electron chi connectivity index (χ1n) is 3.39. The van der Waals surface area contributed by atoms with Gasteiger partial charge in [-0.2, -0.15) is 0 Å². The van der Waals surface area contributed by atoms with Crippen molar-refractivity contribution in [1.82, 2.24) is 0 Å². The van der Waals surface area contributed by atoms with Crippen molar-refractivity contribution in [2.24, 2.45) is 5.73 Å². The predicted octanol–water partition coefficient (Wildman–Crippen LogP) is 1.75. The van der Waals surface area contributed by atoms with Crippen LogP contribution in [0, 0.1) is 0 Å². The number of carbonyl (C=O) groups excluding carboxylic acids is 1.